The minimum Gasteiger partial charge on any atom is -0.288 e. The predicted octanol–water partition coefficient (Wildman–Crippen LogP) is 14.9. The van der Waals surface area contributed by atoms with Gasteiger partial charge >= 0.3 is 0 Å². The molecular weight excluding hydrogens is 851 g/mol. The molecule has 338 valence electrons. The van der Waals surface area contributed by atoms with Gasteiger partial charge in [0.15, 0.2) is 0 Å². The summed E-state index contributed by atoms with van der Waals surface area (Å²) in [5.41, 5.74) is 9.71. The summed E-state index contributed by atoms with van der Waals surface area (Å²) >= 11 is 0. The van der Waals surface area contributed by atoms with Crippen molar-refractivity contribution in [1.82, 2.24) is 25.4 Å². The van der Waals surface area contributed by atoms with E-state index >= 15 is 0 Å². The molecule has 0 unspecified atom stereocenters. The fourth-order valence-electron chi connectivity index (χ4n) is 11.9. The van der Waals surface area contributed by atoms with Crippen molar-refractivity contribution in [2.75, 3.05) is 0 Å². The zero-order chi connectivity index (χ0) is 46.4. The second kappa shape index (κ2) is 18.3. The van der Waals surface area contributed by atoms with Crippen LogP contribution in [0.4, 0.5) is 0 Å². The zero-order valence-corrected chi connectivity index (χ0v) is 38.9. The fraction of sp³-hybridized carbons (Fsp3) is 0.123. The van der Waals surface area contributed by atoms with E-state index in [9.17, 15) is 0 Å². The summed E-state index contributed by atoms with van der Waals surface area (Å²) in [6.45, 7) is 1.42. The highest BCUT2D eigenvalue weighted by atomic mass is 15.4. The van der Waals surface area contributed by atoms with Gasteiger partial charge < -0.3 is 0 Å². The van der Waals surface area contributed by atoms with Gasteiger partial charge in [0, 0.05) is 13.1 Å². The van der Waals surface area contributed by atoms with E-state index < -0.39 is 0 Å². The van der Waals surface area contributed by atoms with E-state index in [0.29, 0.717) is 13.1 Å². The van der Waals surface area contributed by atoms with Crippen molar-refractivity contribution in [3.8, 4) is 0 Å². The zero-order valence-electron chi connectivity index (χ0n) is 38.9. The quantitative estimate of drug-likeness (QED) is 0.134. The van der Waals surface area contributed by atoms with Crippen LogP contribution in [-0.4, -0.2) is 14.8 Å². The van der Waals surface area contributed by atoms with Crippen LogP contribution in [0.15, 0.2) is 249 Å². The third kappa shape index (κ3) is 7.65. The SMILES string of the molecule is c1ccc([C@@H]2N[C@H](c3cccc([C@H]4N[C@@H](c5ccccc5)[C@H](c5ccccc5)N4Cc4c5ccccc5cc5ccccc45)n3)N(Cc3c4ccccc4cc4ccccc34)[C@H]2c2ccccc2)cc1. The van der Waals surface area contributed by atoms with Crippen LogP contribution in [0.25, 0.3) is 43.1 Å². The molecule has 0 bridgehead atoms. The van der Waals surface area contributed by atoms with Crippen molar-refractivity contribution in [3.63, 3.8) is 0 Å². The van der Waals surface area contributed by atoms with E-state index in [2.05, 4.69) is 269 Å². The maximum absolute atomic E-state index is 5.87. The third-order valence-electron chi connectivity index (χ3n) is 15.1. The number of hydrogen-bond acceptors (Lipinski definition) is 5. The van der Waals surface area contributed by atoms with Crippen molar-refractivity contribution < 1.29 is 0 Å². The smallest absolute Gasteiger partial charge is 0.105 e. The molecule has 6 atom stereocenters. The molecule has 2 N–H and O–H groups in total. The van der Waals surface area contributed by atoms with E-state index in [4.69, 9.17) is 4.98 Å². The Labute approximate surface area is 409 Å². The average Bonchev–Trinajstić information content (AvgIpc) is 4.01. The van der Waals surface area contributed by atoms with Crippen LogP contribution in [0.3, 0.4) is 0 Å². The molecule has 70 heavy (non-hydrogen) atoms. The molecule has 11 aromatic rings. The molecule has 5 nitrogen and oxygen atoms in total. The van der Waals surface area contributed by atoms with Gasteiger partial charge in [-0.15, -0.1) is 0 Å². The lowest BCUT2D eigenvalue weighted by Gasteiger charge is -2.33. The number of nitrogens with zero attached hydrogens (tertiary/aromatic N) is 3. The summed E-state index contributed by atoms with van der Waals surface area (Å²) < 4.78 is 0. The largest absolute Gasteiger partial charge is 0.288 e. The first kappa shape index (κ1) is 42.3. The first-order valence-electron chi connectivity index (χ1n) is 24.7. The first-order chi connectivity index (χ1) is 34.7. The number of fused-ring (bicyclic) bond motifs is 4. The summed E-state index contributed by atoms with van der Waals surface area (Å²) in [5.74, 6) is 0. The van der Waals surface area contributed by atoms with Crippen LogP contribution in [0.1, 0.15) is 81.3 Å². The van der Waals surface area contributed by atoms with Crippen molar-refractivity contribution in [3.05, 3.63) is 293 Å². The highest BCUT2D eigenvalue weighted by molar-refractivity contribution is 6.03. The van der Waals surface area contributed by atoms with E-state index in [1.54, 1.807) is 0 Å². The van der Waals surface area contributed by atoms with Crippen LogP contribution in [0, 0.1) is 0 Å². The molecule has 0 aliphatic carbocycles. The van der Waals surface area contributed by atoms with Gasteiger partial charge in [-0.3, -0.25) is 25.4 Å². The molecule has 13 rings (SSSR count). The summed E-state index contributed by atoms with van der Waals surface area (Å²) in [7, 11) is 0. The number of aromatic nitrogens is 1. The highest BCUT2D eigenvalue weighted by Gasteiger charge is 2.46. The van der Waals surface area contributed by atoms with Crippen LogP contribution in [-0.2, 0) is 13.1 Å². The van der Waals surface area contributed by atoms with Crippen molar-refractivity contribution in [2.24, 2.45) is 0 Å². The molecule has 2 aliphatic rings. The Hall–Kier alpha value is -7.77. The molecule has 0 radical (unpaired) electrons. The standard InChI is InChI=1S/C65H53N5/c1-5-22-44(23-6-1)60-62(46-26-9-3-10-27-46)69(42-56-52-34-17-13-30-48(52)40-49-31-14-18-35-53(49)56)64(67-60)58-38-21-39-59(66-58)65-68-61(45-24-7-2-8-25-45)63(47-28-11-4-12-29-47)70(65)43-57-54-36-19-15-32-50(54)41-51-33-16-20-37-55(51)57/h1-41,60-65,67-68H,42-43H2/t60-,61-,62-,63-,64-,65-/m0/s1. The van der Waals surface area contributed by atoms with Gasteiger partial charge in [0.2, 0.25) is 0 Å². The molecular formula is C65H53N5. The first-order valence-corrected chi connectivity index (χ1v) is 24.7. The highest BCUT2D eigenvalue weighted by Crippen LogP contribution is 2.50. The summed E-state index contributed by atoms with van der Waals surface area (Å²) in [5, 5.41) is 18.6. The Kier molecular flexibility index (Phi) is 11.1. The van der Waals surface area contributed by atoms with Gasteiger partial charge in [0.1, 0.15) is 12.3 Å². The Morgan fingerprint density at radius 1 is 0.314 bits per heavy atom. The van der Waals surface area contributed by atoms with Gasteiger partial charge in [0.05, 0.1) is 35.6 Å². The van der Waals surface area contributed by atoms with E-state index in [-0.39, 0.29) is 36.5 Å². The van der Waals surface area contributed by atoms with Gasteiger partial charge in [-0.1, -0.05) is 224 Å². The van der Waals surface area contributed by atoms with Crippen molar-refractivity contribution in [2.45, 2.75) is 49.6 Å². The maximum Gasteiger partial charge on any atom is 0.105 e. The number of benzene rings is 10. The van der Waals surface area contributed by atoms with E-state index in [1.165, 1.54) is 76.5 Å². The Morgan fingerprint density at radius 3 is 0.957 bits per heavy atom. The molecule has 0 spiro atoms. The Balaban J connectivity index is 0.988. The van der Waals surface area contributed by atoms with E-state index in [1.807, 2.05) is 0 Å². The fourth-order valence-corrected chi connectivity index (χ4v) is 11.9. The lowest BCUT2D eigenvalue weighted by atomic mass is 9.92. The van der Waals surface area contributed by atoms with Gasteiger partial charge in [-0.05, 0) is 101 Å². The molecule has 0 saturated carbocycles. The minimum atomic E-state index is -0.222. The Morgan fingerprint density at radius 2 is 0.614 bits per heavy atom. The van der Waals surface area contributed by atoms with Crippen molar-refractivity contribution >= 4 is 43.1 Å². The number of hydrogen-bond donors (Lipinski definition) is 2. The Bertz CT molecular complexity index is 3280. The van der Waals surface area contributed by atoms with Crippen LogP contribution in [0.5, 0.6) is 0 Å². The van der Waals surface area contributed by atoms with Crippen LogP contribution in [0.2, 0.25) is 0 Å². The monoisotopic (exact) mass is 903 g/mol. The van der Waals surface area contributed by atoms with Crippen LogP contribution >= 0.6 is 0 Å². The van der Waals surface area contributed by atoms with E-state index in [0.717, 1.165) is 11.4 Å². The minimum absolute atomic E-state index is 0.00227. The summed E-state index contributed by atoms with van der Waals surface area (Å²) in [4.78, 5) is 11.3. The molecule has 2 fully saturated rings. The molecule has 5 heteroatoms. The number of pyridine rings is 1. The summed E-state index contributed by atoms with van der Waals surface area (Å²) in [6.07, 6.45) is -0.445. The second-order valence-corrected chi connectivity index (χ2v) is 19.1. The number of rotatable bonds is 10. The lowest BCUT2D eigenvalue weighted by molar-refractivity contribution is 0.167. The molecule has 2 saturated heterocycles. The topological polar surface area (TPSA) is 43.4 Å². The lowest BCUT2D eigenvalue weighted by Crippen LogP contribution is -2.32. The number of nitrogens with one attached hydrogen (secondary N) is 2. The van der Waals surface area contributed by atoms with Gasteiger partial charge in [0.25, 0.3) is 0 Å². The predicted molar refractivity (Wildman–Crippen MR) is 287 cm³/mol. The van der Waals surface area contributed by atoms with Gasteiger partial charge in [-0.2, -0.15) is 0 Å². The maximum atomic E-state index is 5.87. The van der Waals surface area contributed by atoms with Gasteiger partial charge in [-0.25, -0.2) is 0 Å². The molecule has 0 amide bonds. The third-order valence-corrected chi connectivity index (χ3v) is 15.1. The van der Waals surface area contributed by atoms with Crippen molar-refractivity contribution in [1.29, 1.82) is 0 Å². The average molecular weight is 904 g/mol. The second-order valence-electron chi connectivity index (χ2n) is 19.1. The molecule has 2 aliphatic heterocycles. The normalized spacial score (nSPS) is 20.7. The summed E-state index contributed by atoms with van der Waals surface area (Å²) in [6, 6.07) is 91.1. The molecule has 10 aromatic carbocycles. The van der Waals surface area contributed by atoms with Crippen LogP contribution < -0.4 is 10.6 Å². The molecule has 1 aromatic heterocycles. The molecule has 3 heterocycles.